The third kappa shape index (κ3) is 2.89. The summed E-state index contributed by atoms with van der Waals surface area (Å²) >= 11 is 0. The van der Waals surface area contributed by atoms with E-state index < -0.39 is 5.54 Å². The highest BCUT2D eigenvalue weighted by atomic mass is 15.2. The van der Waals surface area contributed by atoms with Crippen LogP contribution in [0.15, 0.2) is 12.4 Å². The molecule has 0 spiro atoms. The number of nitrogens with zero attached hydrogens (tertiary/aromatic N) is 4. The van der Waals surface area contributed by atoms with Crippen LogP contribution < -0.4 is 5.32 Å². The second-order valence-corrected chi connectivity index (χ2v) is 5.04. The summed E-state index contributed by atoms with van der Waals surface area (Å²) in [5.74, 6) is 1.13. The van der Waals surface area contributed by atoms with E-state index in [0.29, 0.717) is 0 Å². The molecule has 18 heavy (non-hydrogen) atoms. The molecule has 5 heteroatoms. The van der Waals surface area contributed by atoms with Crippen molar-refractivity contribution in [2.45, 2.75) is 38.9 Å². The summed E-state index contributed by atoms with van der Waals surface area (Å²) in [7, 11) is 0. The van der Waals surface area contributed by atoms with Crippen LogP contribution in [-0.2, 0) is 13.1 Å². The van der Waals surface area contributed by atoms with E-state index in [4.69, 9.17) is 0 Å². The minimum Gasteiger partial charge on any atom is -0.333 e. The van der Waals surface area contributed by atoms with Crippen molar-refractivity contribution in [1.29, 1.82) is 5.26 Å². The van der Waals surface area contributed by atoms with Gasteiger partial charge in [0.05, 0.1) is 12.6 Å². The van der Waals surface area contributed by atoms with Gasteiger partial charge in [0.25, 0.3) is 0 Å². The Labute approximate surface area is 108 Å². The molecular formula is C13H21N5. The van der Waals surface area contributed by atoms with Crippen molar-refractivity contribution in [3.8, 4) is 6.07 Å². The van der Waals surface area contributed by atoms with Gasteiger partial charge in [-0.2, -0.15) is 5.26 Å². The largest absolute Gasteiger partial charge is 0.333 e. The Kier molecular flexibility index (Phi) is 4.00. The van der Waals surface area contributed by atoms with E-state index in [0.717, 1.165) is 45.0 Å². The molecule has 1 aliphatic heterocycles. The molecule has 98 valence electrons. The molecule has 2 rings (SSSR count). The van der Waals surface area contributed by atoms with E-state index in [1.54, 1.807) is 0 Å². The zero-order valence-corrected chi connectivity index (χ0v) is 11.2. The van der Waals surface area contributed by atoms with Gasteiger partial charge in [0, 0.05) is 32.0 Å². The number of rotatable bonds is 5. The number of fused-ring (bicyclic) bond motifs is 1. The van der Waals surface area contributed by atoms with E-state index >= 15 is 0 Å². The first-order chi connectivity index (χ1) is 8.67. The van der Waals surface area contributed by atoms with Crippen molar-refractivity contribution >= 4 is 0 Å². The van der Waals surface area contributed by atoms with Gasteiger partial charge < -0.3 is 4.57 Å². The molecule has 0 radical (unpaired) electrons. The predicted octanol–water partition coefficient (Wildman–Crippen LogP) is 0.981. The molecule has 1 atom stereocenters. The molecule has 1 aromatic heterocycles. The molecule has 0 bridgehead atoms. The minimum atomic E-state index is -0.415. The van der Waals surface area contributed by atoms with E-state index in [-0.39, 0.29) is 0 Å². The van der Waals surface area contributed by atoms with E-state index in [9.17, 15) is 5.26 Å². The van der Waals surface area contributed by atoms with E-state index in [1.807, 2.05) is 26.2 Å². The zero-order valence-electron chi connectivity index (χ0n) is 11.2. The maximum Gasteiger partial charge on any atom is 0.122 e. The van der Waals surface area contributed by atoms with Gasteiger partial charge in [0.15, 0.2) is 0 Å². The molecule has 0 aliphatic carbocycles. The molecule has 0 aromatic carbocycles. The average molecular weight is 247 g/mol. The van der Waals surface area contributed by atoms with Crippen LogP contribution in [0, 0.1) is 11.3 Å². The lowest BCUT2D eigenvalue weighted by Crippen LogP contribution is -2.44. The Balaban J connectivity index is 1.87. The maximum absolute atomic E-state index is 9.22. The molecule has 1 unspecified atom stereocenters. The number of nitriles is 1. The first-order valence-corrected chi connectivity index (χ1v) is 6.55. The molecule has 0 saturated carbocycles. The highest BCUT2D eigenvalue weighted by molar-refractivity contribution is 5.04. The number of nitrogens with one attached hydrogen (secondary N) is 1. The van der Waals surface area contributed by atoms with Gasteiger partial charge in [-0.25, -0.2) is 4.98 Å². The molecule has 1 N–H and O–H groups in total. The molecule has 0 amide bonds. The topological polar surface area (TPSA) is 56.9 Å². The lowest BCUT2D eigenvalue weighted by Gasteiger charge is -2.30. The Morgan fingerprint density at radius 1 is 1.56 bits per heavy atom. The van der Waals surface area contributed by atoms with Gasteiger partial charge in [-0.3, -0.25) is 10.2 Å². The highest BCUT2D eigenvalue weighted by Gasteiger charge is 2.24. The van der Waals surface area contributed by atoms with Crippen LogP contribution in [0.4, 0.5) is 0 Å². The fourth-order valence-corrected chi connectivity index (χ4v) is 2.37. The number of hydrogen-bond donors (Lipinski definition) is 1. The first kappa shape index (κ1) is 13.1. The fraction of sp³-hybridized carbons (Fsp3) is 0.692. The molecule has 5 nitrogen and oxygen atoms in total. The van der Waals surface area contributed by atoms with Crippen LogP contribution in [0.3, 0.4) is 0 Å². The maximum atomic E-state index is 9.22. The summed E-state index contributed by atoms with van der Waals surface area (Å²) in [6.45, 7) is 8.70. The van der Waals surface area contributed by atoms with Gasteiger partial charge in [-0.1, -0.05) is 6.92 Å². The van der Waals surface area contributed by atoms with Crippen molar-refractivity contribution in [3.63, 3.8) is 0 Å². The van der Waals surface area contributed by atoms with Gasteiger partial charge in [-0.15, -0.1) is 0 Å². The lowest BCUT2D eigenvalue weighted by molar-refractivity contribution is 0.199. The summed E-state index contributed by atoms with van der Waals surface area (Å²) < 4.78 is 2.20. The standard InChI is InChI=1S/C13H21N5/c1-3-16-13(2,11-14)4-6-17-8-9-18-7-5-15-12(18)10-17/h5,7,16H,3-4,6,8-10H2,1-2H3. The van der Waals surface area contributed by atoms with Gasteiger partial charge in [-0.05, 0) is 19.9 Å². The smallest absolute Gasteiger partial charge is 0.122 e. The second-order valence-electron chi connectivity index (χ2n) is 5.04. The summed E-state index contributed by atoms with van der Waals surface area (Å²) in [4.78, 5) is 6.72. The van der Waals surface area contributed by atoms with Crippen LogP contribution in [-0.4, -0.2) is 39.6 Å². The first-order valence-electron chi connectivity index (χ1n) is 6.55. The quantitative estimate of drug-likeness (QED) is 0.842. The number of aromatic nitrogens is 2. The van der Waals surface area contributed by atoms with Crippen LogP contribution in [0.1, 0.15) is 26.1 Å². The van der Waals surface area contributed by atoms with Crippen LogP contribution in [0.2, 0.25) is 0 Å². The minimum absolute atomic E-state index is 0.415. The third-order valence-corrected chi connectivity index (χ3v) is 3.57. The normalized spacial score (nSPS) is 18.9. The van der Waals surface area contributed by atoms with Gasteiger partial charge in [0.1, 0.15) is 11.4 Å². The zero-order chi connectivity index (χ0) is 13.0. The van der Waals surface area contributed by atoms with E-state index in [1.165, 1.54) is 0 Å². The van der Waals surface area contributed by atoms with Crippen molar-refractivity contribution in [2.24, 2.45) is 0 Å². The van der Waals surface area contributed by atoms with Crippen molar-refractivity contribution < 1.29 is 0 Å². The van der Waals surface area contributed by atoms with Crippen LogP contribution in [0.5, 0.6) is 0 Å². The predicted molar refractivity (Wildman–Crippen MR) is 69.8 cm³/mol. The van der Waals surface area contributed by atoms with Crippen molar-refractivity contribution in [1.82, 2.24) is 19.8 Å². The van der Waals surface area contributed by atoms with Crippen LogP contribution in [0.25, 0.3) is 0 Å². The molecule has 0 fully saturated rings. The molecule has 1 aromatic rings. The molecule has 1 aliphatic rings. The van der Waals surface area contributed by atoms with Crippen LogP contribution >= 0.6 is 0 Å². The lowest BCUT2D eigenvalue weighted by atomic mass is 9.99. The summed E-state index contributed by atoms with van der Waals surface area (Å²) in [6.07, 6.45) is 4.74. The number of imidazole rings is 1. The van der Waals surface area contributed by atoms with Gasteiger partial charge >= 0.3 is 0 Å². The van der Waals surface area contributed by atoms with E-state index in [2.05, 4.69) is 25.8 Å². The number of hydrogen-bond acceptors (Lipinski definition) is 4. The Morgan fingerprint density at radius 3 is 3.11 bits per heavy atom. The SMILES string of the molecule is CCNC(C)(C#N)CCN1CCn2ccnc2C1. The van der Waals surface area contributed by atoms with Crippen molar-refractivity contribution in [3.05, 3.63) is 18.2 Å². The van der Waals surface area contributed by atoms with Gasteiger partial charge in [0.2, 0.25) is 0 Å². The summed E-state index contributed by atoms with van der Waals surface area (Å²) in [5.41, 5.74) is -0.415. The molecular weight excluding hydrogens is 226 g/mol. The average Bonchev–Trinajstić information content (AvgIpc) is 2.84. The summed E-state index contributed by atoms with van der Waals surface area (Å²) in [6, 6.07) is 2.37. The monoisotopic (exact) mass is 247 g/mol. The summed E-state index contributed by atoms with van der Waals surface area (Å²) in [5, 5.41) is 12.5. The Morgan fingerprint density at radius 2 is 2.39 bits per heavy atom. The Bertz CT molecular complexity index is 433. The molecule has 2 heterocycles. The molecule has 0 saturated heterocycles. The second kappa shape index (κ2) is 5.51. The highest BCUT2D eigenvalue weighted by Crippen LogP contribution is 2.14. The Hall–Kier alpha value is -1.38. The van der Waals surface area contributed by atoms with Crippen molar-refractivity contribution in [2.75, 3.05) is 19.6 Å². The fourth-order valence-electron chi connectivity index (χ4n) is 2.37. The third-order valence-electron chi connectivity index (χ3n) is 3.57.